The Labute approximate surface area is 138 Å². The SMILES string of the molecule is CCCCCOC1(C)CCC[Si](OC)(OC)C1(CCC)OC. The molecule has 0 radical (unpaired) electrons. The Morgan fingerprint density at radius 3 is 2.18 bits per heavy atom. The molecule has 0 aromatic heterocycles. The van der Waals surface area contributed by atoms with Gasteiger partial charge in [-0.1, -0.05) is 33.1 Å². The van der Waals surface area contributed by atoms with Gasteiger partial charge >= 0.3 is 8.56 Å². The van der Waals surface area contributed by atoms with Crippen LogP contribution in [-0.2, 0) is 18.3 Å². The molecule has 0 aromatic rings. The van der Waals surface area contributed by atoms with E-state index >= 15 is 0 Å². The zero-order valence-electron chi connectivity index (χ0n) is 15.5. The van der Waals surface area contributed by atoms with Crippen molar-refractivity contribution in [1.29, 1.82) is 0 Å². The maximum Gasteiger partial charge on any atom is 0.373 e. The van der Waals surface area contributed by atoms with Crippen molar-refractivity contribution >= 4 is 8.56 Å². The first kappa shape index (κ1) is 20.1. The van der Waals surface area contributed by atoms with E-state index in [0.29, 0.717) is 0 Å². The lowest BCUT2D eigenvalue weighted by Gasteiger charge is -2.57. The van der Waals surface area contributed by atoms with Gasteiger partial charge in [-0.3, -0.25) is 0 Å². The van der Waals surface area contributed by atoms with Gasteiger partial charge in [-0.25, -0.2) is 0 Å². The van der Waals surface area contributed by atoms with E-state index in [1.807, 2.05) is 0 Å². The summed E-state index contributed by atoms with van der Waals surface area (Å²) < 4.78 is 24.7. The highest BCUT2D eigenvalue weighted by Crippen LogP contribution is 2.50. The predicted molar refractivity (Wildman–Crippen MR) is 92.3 cm³/mol. The van der Waals surface area contributed by atoms with Crippen molar-refractivity contribution in [2.45, 2.75) is 82.6 Å². The van der Waals surface area contributed by atoms with Crippen LogP contribution in [0.4, 0.5) is 0 Å². The highest BCUT2D eigenvalue weighted by molar-refractivity contribution is 6.71. The largest absolute Gasteiger partial charge is 0.396 e. The molecule has 1 aliphatic rings. The van der Waals surface area contributed by atoms with Crippen LogP contribution in [0.15, 0.2) is 0 Å². The van der Waals surface area contributed by atoms with E-state index in [-0.39, 0.29) is 5.60 Å². The lowest BCUT2D eigenvalue weighted by atomic mass is 9.88. The molecule has 1 saturated heterocycles. The van der Waals surface area contributed by atoms with Gasteiger partial charge < -0.3 is 18.3 Å². The normalized spacial score (nSPS) is 31.4. The lowest BCUT2D eigenvalue weighted by Crippen LogP contribution is -2.75. The Kier molecular flexibility index (Phi) is 8.02. The molecule has 0 amide bonds. The van der Waals surface area contributed by atoms with Crippen LogP contribution in [0.5, 0.6) is 0 Å². The number of methoxy groups -OCH3 is 1. The van der Waals surface area contributed by atoms with Crippen molar-refractivity contribution in [2.24, 2.45) is 0 Å². The van der Waals surface area contributed by atoms with Crippen molar-refractivity contribution in [3.63, 3.8) is 0 Å². The second-order valence-electron chi connectivity index (χ2n) is 6.58. The molecular weight excluding hydrogens is 296 g/mol. The third-order valence-electron chi connectivity index (χ3n) is 5.41. The van der Waals surface area contributed by atoms with Gasteiger partial charge in [-0.15, -0.1) is 0 Å². The molecule has 1 fully saturated rings. The molecule has 0 bridgehead atoms. The number of hydrogen-bond donors (Lipinski definition) is 0. The van der Waals surface area contributed by atoms with Crippen molar-refractivity contribution in [3.8, 4) is 0 Å². The van der Waals surface area contributed by atoms with Gasteiger partial charge in [0.15, 0.2) is 0 Å². The molecular formula is C17H36O4Si. The van der Waals surface area contributed by atoms with Gasteiger partial charge in [-0.2, -0.15) is 0 Å². The van der Waals surface area contributed by atoms with E-state index in [1.165, 1.54) is 12.8 Å². The van der Waals surface area contributed by atoms with E-state index in [9.17, 15) is 0 Å². The zero-order valence-corrected chi connectivity index (χ0v) is 16.5. The van der Waals surface area contributed by atoms with Crippen LogP contribution in [0.3, 0.4) is 0 Å². The van der Waals surface area contributed by atoms with Crippen molar-refractivity contribution in [1.82, 2.24) is 0 Å². The summed E-state index contributed by atoms with van der Waals surface area (Å²) in [6.07, 6.45) is 7.55. The first-order valence-corrected chi connectivity index (χ1v) is 10.8. The average Bonchev–Trinajstić information content (AvgIpc) is 2.53. The molecule has 2 atom stereocenters. The monoisotopic (exact) mass is 332 g/mol. The van der Waals surface area contributed by atoms with Crippen molar-refractivity contribution in [2.75, 3.05) is 27.9 Å². The van der Waals surface area contributed by atoms with Crippen LogP contribution < -0.4 is 0 Å². The Balaban J connectivity index is 3.10. The van der Waals surface area contributed by atoms with E-state index in [2.05, 4.69) is 20.8 Å². The van der Waals surface area contributed by atoms with Crippen LogP contribution in [0.2, 0.25) is 6.04 Å². The number of rotatable bonds is 10. The molecule has 1 aliphatic heterocycles. The molecule has 5 heteroatoms. The van der Waals surface area contributed by atoms with E-state index in [1.54, 1.807) is 21.3 Å². The topological polar surface area (TPSA) is 36.9 Å². The van der Waals surface area contributed by atoms with Gasteiger partial charge in [0.1, 0.15) is 5.22 Å². The summed E-state index contributed by atoms with van der Waals surface area (Å²) in [4.78, 5) is 0. The third kappa shape index (κ3) is 3.43. The zero-order chi connectivity index (χ0) is 16.7. The summed E-state index contributed by atoms with van der Waals surface area (Å²) in [5.74, 6) is 0. The van der Waals surface area contributed by atoms with Crippen LogP contribution in [0.1, 0.15) is 65.7 Å². The summed E-state index contributed by atoms with van der Waals surface area (Å²) in [6, 6.07) is 0.974. The molecule has 0 saturated carbocycles. The summed E-state index contributed by atoms with van der Waals surface area (Å²) in [7, 11) is 2.88. The molecule has 1 heterocycles. The quantitative estimate of drug-likeness (QED) is 0.444. The van der Waals surface area contributed by atoms with E-state index in [4.69, 9.17) is 18.3 Å². The minimum Gasteiger partial charge on any atom is -0.396 e. The fraction of sp³-hybridized carbons (Fsp3) is 1.00. The minimum atomic E-state index is -2.48. The standard InChI is InChI=1S/C17H36O4Si/c1-7-9-10-14-21-16(3)13-11-15-22(19-5,20-6)17(16,18-4)12-8-2/h7-15H2,1-6H3. The summed E-state index contributed by atoms with van der Waals surface area (Å²) >= 11 is 0. The molecule has 132 valence electrons. The second-order valence-corrected chi connectivity index (χ2v) is 10.2. The minimum absolute atomic E-state index is 0.331. The van der Waals surface area contributed by atoms with Crippen LogP contribution in [0.25, 0.3) is 0 Å². The fourth-order valence-electron chi connectivity index (χ4n) is 4.20. The molecule has 1 rings (SSSR count). The van der Waals surface area contributed by atoms with Gasteiger partial charge in [-0.05, 0) is 38.7 Å². The Morgan fingerprint density at radius 1 is 1.00 bits per heavy atom. The third-order valence-corrected chi connectivity index (χ3v) is 9.95. The first-order chi connectivity index (χ1) is 10.5. The maximum absolute atomic E-state index is 6.44. The van der Waals surface area contributed by atoms with Gasteiger partial charge in [0.2, 0.25) is 0 Å². The Morgan fingerprint density at radius 2 is 1.68 bits per heavy atom. The smallest absolute Gasteiger partial charge is 0.373 e. The van der Waals surface area contributed by atoms with Crippen LogP contribution >= 0.6 is 0 Å². The molecule has 0 aliphatic carbocycles. The second kappa shape index (κ2) is 8.78. The average molecular weight is 333 g/mol. The number of hydrogen-bond acceptors (Lipinski definition) is 4. The number of ether oxygens (including phenoxy) is 2. The molecule has 22 heavy (non-hydrogen) atoms. The highest BCUT2D eigenvalue weighted by Gasteiger charge is 2.68. The maximum atomic E-state index is 6.44. The highest BCUT2D eigenvalue weighted by atomic mass is 28.4. The summed E-state index contributed by atoms with van der Waals surface area (Å²) in [6.45, 7) is 7.40. The molecule has 4 nitrogen and oxygen atoms in total. The fourth-order valence-corrected chi connectivity index (χ4v) is 8.43. The Hall–Kier alpha value is 0.0569. The van der Waals surface area contributed by atoms with E-state index < -0.39 is 13.8 Å². The molecule has 2 unspecified atom stereocenters. The van der Waals surface area contributed by atoms with Crippen molar-refractivity contribution in [3.05, 3.63) is 0 Å². The molecule has 0 N–H and O–H groups in total. The first-order valence-electron chi connectivity index (χ1n) is 8.80. The van der Waals surface area contributed by atoms with Gasteiger partial charge in [0.05, 0.1) is 5.60 Å². The van der Waals surface area contributed by atoms with Gasteiger partial charge in [0.25, 0.3) is 0 Å². The lowest BCUT2D eigenvalue weighted by molar-refractivity contribution is -0.183. The van der Waals surface area contributed by atoms with Crippen molar-refractivity contribution < 1.29 is 18.3 Å². The van der Waals surface area contributed by atoms with Crippen LogP contribution in [0, 0.1) is 0 Å². The Bertz CT molecular complexity index is 322. The number of unbranched alkanes of at least 4 members (excludes halogenated alkanes) is 2. The summed E-state index contributed by atoms with van der Waals surface area (Å²) in [5.41, 5.74) is -0.331. The predicted octanol–water partition coefficient (Wildman–Crippen LogP) is 4.21. The van der Waals surface area contributed by atoms with E-state index in [0.717, 1.165) is 44.8 Å². The molecule has 0 aromatic carbocycles. The van der Waals surface area contributed by atoms with Crippen LogP contribution in [-0.4, -0.2) is 47.3 Å². The van der Waals surface area contributed by atoms with Gasteiger partial charge in [0, 0.05) is 27.9 Å². The molecule has 0 spiro atoms. The summed E-state index contributed by atoms with van der Waals surface area (Å²) in [5, 5.41) is -0.442.